The predicted molar refractivity (Wildman–Crippen MR) is 135 cm³/mol. The summed E-state index contributed by atoms with van der Waals surface area (Å²) in [4.78, 5) is 26.6. The van der Waals surface area contributed by atoms with Gasteiger partial charge in [0.15, 0.2) is 5.17 Å². The largest absolute Gasteiger partial charge is 0.381 e. The van der Waals surface area contributed by atoms with Crippen LogP contribution in [0.1, 0.15) is 53.2 Å². The molecule has 1 aliphatic carbocycles. The molecule has 1 fully saturated rings. The number of hydrogen-bond acceptors (Lipinski definition) is 7. The van der Waals surface area contributed by atoms with Gasteiger partial charge in [-0.05, 0) is 61.6 Å². The SMILES string of the molecule is Cc1cccc(C2N=C(N)SC2c2ccnc(C3=CCC(C(=O)NC4CCOCC4)C=C3)c2)n1. The van der Waals surface area contributed by atoms with Gasteiger partial charge in [-0.25, -0.2) is 0 Å². The van der Waals surface area contributed by atoms with Crippen molar-refractivity contribution in [3.63, 3.8) is 0 Å². The van der Waals surface area contributed by atoms with E-state index in [1.807, 2.05) is 49.5 Å². The minimum absolute atomic E-state index is 0.0437. The van der Waals surface area contributed by atoms with Gasteiger partial charge in [0.1, 0.15) is 6.04 Å². The number of nitrogens with zero attached hydrogens (tertiary/aromatic N) is 3. The number of thioether (sulfide) groups is 1. The van der Waals surface area contributed by atoms with E-state index in [0.29, 0.717) is 24.8 Å². The van der Waals surface area contributed by atoms with E-state index in [4.69, 9.17) is 10.5 Å². The fourth-order valence-electron chi connectivity index (χ4n) is 4.57. The average Bonchev–Trinajstić information content (AvgIpc) is 3.26. The molecular weight excluding hydrogens is 446 g/mol. The summed E-state index contributed by atoms with van der Waals surface area (Å²) in [6.07, 6.45) is 10.4. The normalized spacial score (nSPS) is 25.0. The van der Waals surface area contributed by atoms with Crippen molar-refractivity contribution in [2.75, 3.05) is 13.2 Å². The van der Waals surface area contributed by atoms with Crippen molar-refractivity contribution in [1.82, 2.24) is 15.3 Å². The lowest BCUT2D eigenvalue weighted by atomic mass is 9.93. The first-order valence-electron chi connectivity index (χ1n) is 11.7. The maximum atomic E-state index is 12.7. The fraction of sp³-hybridized carbons (Fsp3) is 0.385. The van der Waals surface area contributed by atoms with Gasteiger partial charge in [-0.2, -0.15) is 0 Å². The Labute approximate surface area is 204 Å². The zero-order valence-electron chi connectivity index (χ0n) is 19.2. The van der Waals surface area contributed by atoms with E-state index < -0.39 is 0 Å². The van der Waals surface area contributed by atoms with E-state index in [0.717, 1.165) is 41.1 Å². The molecule has 176 valence electrons. The van der Waals surface area contributed by atoms with E-state index in [9.17, 15) is 4.79 Å². The molecule has 3 aliphatic rings. The molecule has 0 aromatic carbocycles. The van der Waals surface area contributed by atoms with Crippen LogP contribution >= 0.6 is 11.8 Å². The molecule has 2 aromatic heterocycles. The van der Waals surface area contributed by atoms with Crippen LogP contribution in [0.25, 0.3) is 5.57 Å². The number of aliphatic imine (C=N–C) groups is 1. The molecule has 34 heavy (non-hydrogen) atoms. The van der Waals surface area contributed by atoms with Gasteiger partial charge in [0.2, 0.25) is 5.91 Å². The zero-order valence-corrected chi connectivity index (χ0v) is 20.0. The first kappa shape index (κ1) is 22.8. The highest BCUT2D eigenvalue weighted by Gasteiger charge is 2.33. The molecule has 1 amide bonds. The lowest BCUT2D eigenvalue weighted by Gasteiger charge is -2.25. The summed E-state index contributed by atoms with van der Waals surface area (Å²) in [7, 11) is 0. The first-order chi connectivity index (χ1) is 16.6. The molecule has 2 aliphatic heterocycles. The first-order valence-corrected chi connectivity index (χ1v) is 12.6. The summed E-state index contributed by atoms with van der Waals surface area (Å²) in [5.74, 6) is -0.0613. The number of hydrogen-bond donors (Lipinski definition) is 2. The molecule has 3 atom stereocenters. The van der Waals surface area contributed by atoms with E-state index in [1.54, 1.807) is 11.8 Å². The minimum Gasteiger partial charge on any atom is -0.381 e. The monoisotopic (exact) mass is 475 g/mol. The number of ether oxygens (including phenoxy) is 1. The summed E-state index contributed by atoms with van der Waals surface area (Å²) in [6.45, 7) is 3.42. The second-order valence-electron chi connectivity index (χ2n) is 8.88. The molecule has 7 nitrogen and oxygen atoms in total. The molecule has 0 saturated carbocycles. The Morgan fingerprint density at radius 1 is 1.24 bits per heavy atom. The Bertz CT molecular complexity index is 1160. The van der Waals surface area contributed by atoms with Crippen molar-refractivity contribution < 1.29 is 9.53 Å². The van der Waals surface area contributed by atoms with E-state index in [1.165, 1.54) is 0 Å². The van der Waals surface area contributed by atoms with Gasteiger partial charge >= 0.3 is 0 Å². The van der Waals surface area contributed by atoms with Crippen molar-refractivity contribution in [3.8, 4) is 0 Å². The quantitative estimate of drug-likeness (QED) is 0.680. The van der Waals surface area contributed by atoms with Crippen LogP contribution in [-0.4, -0.2) is 40.3 Å². The summed E-state index contributed by atoms with van der Waals surface area (Å²) in [6, 6.07) is 10.2. The highest BCUT2D eigenvalue weighted by atomic mass is 32.2. The van der Waals surface area contributed by atoms with Gasteiger partial charge in [0.05, 0.1) is 22.6 Å². The van der Waals surface area contributed by atoms with Crippen molar-refractivity contribution in [2.45, 2.75) is 43.5 Å². The third-order valence-electron chi connectivity index (χ3n) is 6.43. The van der Waals surface area contributed by atoms with Crippen LogP contribution in [0.3, 0.4) is 0 Å². The summed E-state index contributed by atoms with van der Waals surface area (Å²) < 4.78 is 5.38. The number of pyridine rings is 2. The molecule has 0 bridgehead atoms. The summed E-state index contributed by atoms with van der Waals surface area (Å²) in [5, 5.41) is 3.79. The van der Waals surface area contributed by atoms with Crippen molar-refractivity contribution in [3.05, 3.63) is 77.4 Å². The molecule has 3 N–H and O–H groups in total. The number of nitrogens with one attached hydrogen (secondary N) is 1. The number of nitrogens with two attached hydrogens (primary N) is 1. The number of aryl methyl sites for hydroxylation is 1. The van der Waals surface area contributed by atoms with Crippen molar-refractivity contribution >= 4 is 28.4 Å². The Morgan fingerprint density at radius 3 is 2.85 bits per heavy atom. The van der Waals surface area contributed by atoms with Gasteiger partial charge in [-0.15, -0.1) is 0 Å². The van der Waals surface area contributed by atoms with Gasteiger partial charge in [-0.1, -0.05) is 36.1 Å². The van der Waals surface area contributed by atoms with Crippen molar-refractivity contribution in [1.29, 1.82) is 0 Å². The number of rotatable bonds is 5. The number of carbonyl (C=O) groups is 1. The number of amides is 1. The van der Waals surface area contributed by atoms with Crippen LogP contribution in [0, 0.1) is 12.8 Å². The minimum atomic E-state index is -0.148. The number of allylic oxidation sites excluding steroid dienone is 3. The molecular formula is C26H29N5O2S. The second kappa shape index (κ2) is 10.1. The fourth-order valence-corrected chi connectivity index (χ4v) is 5.61. The Balaban J connectivity index is 1.29. The highest BCUT2D eigenvalue weighted by molar-refractivity contribution is 8.14. The maximum absolute atomic E-state index is 12.7. The molecule has 0 spiro atoms. The zero-order chi connectivity index (χ0) is 23.5. The third-order valence-corrected chi connectivity index (χ3v) is 7.56. The van der Waals surface area contributed by atoms with Crippen molar-refractivity contribution in [2.24, 2.45) is 16.6 Å². The Morgan fingerprint density at radius 2 is 2.09 bits per heavy atom. The van der Waals surface area contributed by atoms with Crippen LogP contribution < -0.4 is 11.1 Å². The Hall–Kier alpha value is -2.97. The molecule has 5 rings (SSSR count). The average molecular weight is 476 g/mol. The summed E-state index contributed by atoms with van der Waals surface area (Å²) in [5.41, 5.74) is 11.0. The van der Waals surface area contributed by atoms with Gasteiger partial charge in [-0.3, -0.25) is 19.8 Å². The predicted octanol–water partition coefficient (Wildman–Crippen LogP) is 3.88. The molecule has 8 heteroatoms. The molecule has 1 saturated heterocycles. The van der Waals surface area contributed by atoms with E-state index in [-0.39, 0.29) is 29.2 Å². The molecule has 3 unspecified atom stereocenters. The topological polar surface area (TPSA) is 102 Å². The van der Waals surface area contributed by atoms with E-state index >= 15 is 0 Å². The third kappa shape index (κ3) is 5.08. The van der Waals surface area contributed by atoms with Crippen LogP contribution in [0.2, 0.25) is 0 Å². The van der Waals surface area contributed by atoms with Crippen LogP contribution in [0.4, 0.5) is 0 Å². The van der Waals surface area contributed by atoms with Gasteiger partial charge in [0.25, 0.3) is 0 Å². The second-order valence-corrected chi connectivity index (χ2v) is 10.0. The van der Waals surface area contributed by atoms with Crippen LogP contribution in [0.5, 0.6) is 0 Å². The van der Waals surface area contributed by atoms with Crippen LogP contribution in [-0.2, 0) is 9.53 Å². The lowest BCUT2D eigenvalue weighted by molar-refractivity contribution is -0.124. The molecule has 2 aromatic rings. The van der Waals surface area contributed by atoms with E-state index in [2.05, 4.69) is 32.4 Å². The van der Waals surface area contributed by atoms with Crippen LogP contribution in [0.15, 0.2) is 59.7 Å². The number of carbonyl (C=O) groups excluding carboxylic acids is 1. The standard InChI is InChI=1S/C26H29N5O2S/c1-16-3-2-4-21(29-16)23-24(34-26(27)31-23)19-9-12-28-22(15-19)17-5-7-18(8-6-17)25(32)30-20-10-13-33-14-11-20/h2-7,9,12,15,18,20,23-24H,8,10-11,13-14H2,1H3,(H2,27,31)(H,30,32). The Kier molecular flexibility index (Phi) is 6.78. The highest BCUT2D eigenvalue weighted by Crippen LogP contribution is 2.47. The van der Waals surface area contributed by atoms with Gasteiger partial charge in [0, 0.05) is 31.1 Å². The smallest absolute Gasteiger partial charge is 0.227 e. The number of amidine groups is 1. The summed E-state index contributed by atoms with van der Waals surface area (Å²) >= 11 is 1.56. The van der Waals surface area contributed by atoms with Gasteiger partial charge < -0.3 is 15.8 Å². The lowest BCUT2D eigenvalue weighted by Crippen LogP contribution is -2.41. The molecule has 4 heterocycles. The molecule has 0 radical (unpaired) electrons. The maximum Gasteiger partial charge on any atom is 0.227 e. The number of aromatic nitrogens is 2.